The van der Waals surface area contributed by atoms with Crippen LogP contribution in [0.1, 0.15) is 33.8 Å². The fourth-order valence-corrected chi connectivity index (χ4v) is 2.83. The highest BCUT2D eigenvalue weighted by atomic mass is 16.3. The van der Waals surface area contributed by atoms with Crippen molar-refractivity contribution < 1.29 is 14.0 Å². The second-order valence-corrected chi connectivity index (χ2v) is 5.91. The number of rotatable bonds is 3. The predicted molar refractivity (Wildman–Crippen MR) is 86.8 cm³/mol. The number of aromatic nitrogens is 1. The molecule has 7 nitrogen and oxygen atoms in total. The van der Waals surface area contributed by atoms with Gasteiger partial charge < -0.3 is 19.2 Å². The van der Waals surface area contributed by atoms with Gasteiger partial charge in [-0.2, -0.15) is 0 Å². The van der Waals surface area contributed by atoms with Crippen molar-refractivity contribution in [2.24, 2.45) is 7.05 Å². The Morgan fingerprint density at radius 3 is 2.83 bits per heavy atom. The Morgan fingerprint density at radius 1 is 1.29 bits per heavy atom. The average molecular weight is 329 g/mol. The maximum Gasteiger partial charge on any atom is 0.289 e. The summed E-state index contributed by atoms with van der Waals surface area (Å²) in [5.41, 5.74) is 0.256. The zero-order valence-electron chi connectivity index (χ0n) is 13.4. The van der Waals surface area contributed by atoms with Crippen LogP contribution in [0.2, 0.25) is 0 Å². The summed E-state index contributed by atoms with van der Waals surface area (Å²) in [6, 6.07) is 6.06. The summed E-state index contributed by atoms with van der Waals surface area (Å²) in [6.07, 6.45) is 4.59. The Bertz CT molecular complexity index is 794. The van der Waals surface area contributed by atoms with Crippen molar-refractivity contribution in [3.8, 4) is 0 Å². The number of nitrogens with zero attached hydrogens (tertiary/aromatic N) is 2. The van der Waals surface area contributed by atoms with Crippen molar-refractivity contribution in [1.29, 1.82) is 0 Å². The van der Waals surface area contributed by atoms with Crippen molar-refractivity contribution in [2.75, 3.05) is 13.1 Å². The van der Waals surface area contributed by atoms with Gasteiger partial charge in [0, 0.05) is 38.4 Å². The Balaban J connectivity index is 1.64. The lowest BCUT2D eigenvalue weighted by Gasteiger charge is -2.32. The topological polar surface area (TPSA) is 84.6 Å². The molecule has 0 spiro atoms. The number of hydrogen-bond donors (Lipinski definition) is 1. The molecule has 1 aliphatic rings. The van der Waals surface area contributed by atoms with E-state index in [9.17, 15) is 14.4 Å². The van der Waals surface area contributed by atoms with E-state index in [1.54, 1.807) is 24.1 Å². The number of furan rings is 1. The number of amides is 2. The largest absolute Gasteiger partial charge is 0.459 e. The van der Waals surface area contributed by atoms with E-state index < -0.39 is 0 Å². The van der Waals surface area contributed by atoms with E-state index in [0.29, 0.717) is 24.4 Å². The summed E-state index contributed by atoms with van der Waals surface area (Å²) in [4.78, 5) is 37.7. The van der Waals surface area contributed by atoms with Crippen LogP contribution in [0.4, 0.5) is 0 Å². The van der Waals surface area contributed by atoms with Crippen molar-refractivity contribution in [2.45, 2.75) is 18.9 Å². The van der Waals surface area contributed by atoms with Crippen LogP contribution in [-0.4, -0.2) is 40.4 Å². The van der Waals surface area contributed by atoms with Gasteiger partial charge in [-0.25, -0.2) is 0 Å². The molecule has 126 valence electrons. The first-order valence-electron chi connectivity index (χ1n) is 7.85. The molecule has 1 fully saturated rings. The van der Waals surface area contributed by atoms with Crippen LogP contribution >= 0.6 is 0 Å². The number of carbonyl (C=O) groups is 2. The van der Waals surface area contributed by atoms with Crippen LogP contribution in [0.15, 0.2) is 45.9 Å². The molecule has 1 N–H and O–H groups in total. The molecule has 3 rings (SSSR count). The molecule has 2 aromatic rings. The van der Waals surface area contributed by atoms with Gasteiger partial charge in [-0.1, -0.05) is 0 Å². The maximum absolute atomic E-state index is 12.3. The molecule has 2 amide bonds. The standard InChI is InChI=1S/C17H19N3O4/c1-19-10-12(6-7-15(19)21)16(22)18-13-4-2-8-20(11-13)17(23)14-5-3-9-24-14/h3,5-7,9-10,13H,2,4,8,11H2,1H3,(H,18,22)/t13-/m1/s1. The van der Waals surface area contributed by atoms with Crippen LogP contribution < -0.4 is 10.9 Å². The van der Waals surface area contributed by atoms with E-state index in [0.717, 1.165) is 12.8 Å². The smallest absolute Gasteiger partial charge is 0.289 e. The van der Waals surface area contributed by atoms with Gasteiger partial charge in [-0.05, 0) is 31.0 Å². The highest BCUT2D eigenvalue weighted by Gasteiger charge is 2.27. The number of aryl methyl sites for hydroxylation is 1. The van der Waals surface area contributed by atoms with E-state index >= 15 is 0 Å². The van der Waals surface area contributed by atoms with Crippen LogP contribution in [0.3, 0.4) is 0 Å². The highest BCUT2D eigenvalue weighted by molar-refractivity contribution is 5.94. The first-order valence-corrected chi connectivity index (χ1v) is 7.85. The van der Waals surface area contributed by atoms with E-state index in [1.807, 2.05) is 0 Å². The SMILES string of the molecule is Cn1cc(C(=O)N[C@@H]2CCCN(C(=O)c3ccco3)C2)ccc1=O. The van der Waals surface area contributed by atoms with Gasteiger partial charge in [0.25, 0.3) is 11.8 Å². The molecular formula is C17H19N3O4. The fraction of sp³-hybridized carbons (Fsp3) is 0.353. The molecule has 1 saturated heterocycles. The Kier molecular flexibility index (Phi) is 4.50. The Hall–Kier alpha value is -2.83. The lowest BCUT2D eigenvalue weighted by molar-refractivity contribution is 0.0647. The van der Waals surface area contributed by atoms with Crippen LogP contribution in [-0.2, 0) is 7.05 Å². The third-order valence-corrected chi connectivity index (χ3v) is 4.12. The molecule has 2 aromatic heterocycles. The molecule has 0 aliphatic carbocycles. The molecule has 0 radical (unpaired) electrons. The van der Waals surface area contributed by atoms with E-state index in [2.05, 4.69) is 5.32 Å². The molecular weight excluding hydrogens is 310 g/mol. The summed E-state index contributed by atoms with van der Waals surface area (Å²) < 4.78 is 6.51. The Morgan fingerprint density at radius 2 is 2.12 bits per heavy atom. The van der Waals surface area contributed by atoms with Crippen molar-refractivity contribution in [1.82, 2.24) is 14.8 Å². The van der Waals surface area contributed by atoms with Gasteiger partial charge in [-0.15, -0.1) is 0 Å². The third-order valence-electron chi connectivity index (χ3n) is 4.12. The molecule has 1 aliphatic heterocycles. The summed E-state index contributed by atoms with van der Waals surface area (Å²) in [5.74, 6) is -0.107. The summed E-state index contributed by atoms with van der Waals surface area (Å²) >= 11 is 0. The van der Waals surface area contributed by atoms with Gasteiger partial charge in [0.05, 0.1) is 11.8 Å². The molecule has 24 heavy (non-hydrogen) atoms. The first kappa shape index (κ1) is 16.0. The van der Waals surface area contributed by atoms with Crippen molar-refractivity contribution >= 4 is 11.8 Å². The minimum absolute atomic E-state index is 0.123. The minimum atomic E-state index is -0.247. The van der Waals surface area contributed by atoms with Gasteiger partial charge in [0.2, 0.25) is 5.56 Å². The fourth-order valence-electron chi connectivity index (χ4n) is 2.83. The number of nitrogens with one attached hydrogen (secondary N) is 1. The molecule has 0 unspecified atom stereocenters. The first-order chi connectivity index (χ1) is 11.5. The van der Waals surface area contributed by atoms with Crippen molar-refractivity contribution in [3.63, 3.8) is 0 Å². The molecule has 0 bridgehead atoms. The number of hydrogen-bond acceptors (Lipinski definition) is 4. The summed E-state index contributed by atoms with van der Waals surface area (Å²) in [6.45, 7) is 1.09. The number of carbonyl (C=O) groups excluding carboxylic acids is 2. The quantitative estimate of drug-likeness (QED) is 0.911. The molecule has 0 saturated carbocycles. The second kappa shape index (κ2) is 6.74. The van der Waals surface area contributed by atoms with Crippen LogP contribution in [0.25, 0.3) is 0 Å². The van der Waals surface area contributed by atoms with E-state index in [1.165, 1.54) is 29.2 Å². The van der Waals surface area contributed by atoms with E-state index in [-0.39, 0.29) is 23.4 Å². The monoisotopic (exact) mass is 329 g/mol. The summed E-state index contributed by atoms with van der Waals surface area (Å²) in [7, 11) is 1.60. The highest BCUT2D eigenvalue weighted by Crippen LogP contribution is 2.14. The van der Waals surface area contributed by atoms with Crippen LogP contribution in [0, 0.1) is 0 Å². The normalized spacial score (nSPS) is 17.5. The van der Waals surface area contributed by atoms with Gasteiger partial charge >= 0.3 is 0 Å². The van der Waals surface area contributed by atoms with E-state index in [4.69, 9.17) is 4.42 Å². The Labute approximate surface area is 138 Å². The summed E-state index contributed by atoms with van der Waals surface area (Å²) in [5, 5.41) is 2.93. The number of piperidine rings is 1. The molecule has 3 heterocycles. The maximum atomic E-state index is 12.3. The predicted octanol–water partition coefficient (Wildman–Crippen LogP) is 1.01. The van der Waals surface area contributed by atoms with Gasteiger partial charge in [0.15, 0.2) is 5.76 Å². The lowest BCUT2D eigenvalue weighted by Crippen LogP contribution is -2.49. The number of pyridine rings is 1. The van der Waals surface area contributed by atoms with Gasteiger partial charge in [0.1, 0.15) is 0 Å². The minimum Gasteiger partial charge on any atom is -0.459 e. The van der Waals surface area contributed by atoms with Crippen LogP contribution in [0.5, 0.6) is 0 Å². The molecule has 7 heteroatoms. The number of likely N-dealkylation sites (tertiary alicyclic amines) is 1. The second-order valence-electron chi connectivity index (χ2n) is 5.91. The zero-order valence-corrected chi connectivity index (χ0v) is 13.4. The molecule has 0 aromatic carbocycles. The van der Waals surface area contributed by atoms with Gasteiger partial charge in [-0.3, -0.25) is 14.4 Å². The molecule has 1 atom stereocenters. The average Bonchev–Trinajstić information content (AvgIpc) is 3.11. The third kappa shape index (κ3) is 3.40. The van der Waals surface area contributed by atoms with Crippen molar-refractivity contribution in [3.05, 3.63) is 58.4 Å². The zero-order chi connectivity index (χ0) is 17.1. The lowest BCUT2D eigenvalue weighted by atomic mass is 10.0.